The van der Waals surface area contributed by atoms with Crippen LogP contribution in [-0.4, -0.2) is 70.6 Å². The highest BCUT2D eigenvalue weighted by Crippen LogP contribution is 2.06. The Balaban J connectivity index is 2.99. The lowest BCUT2D eigenvalue weighted by molar-refractivity contribution is -0.143. The van der Waals surface area contributed by atoms with E-state index in [2.05, 4.69) is 16.0 Å². The first-order chi connectivity index (χ1) is 16.0. The van der Waals surface area contributed by atoms with E-state index in [9.17, 15) is 29.1 Å². The summed E-state index contributed by atoms with van der Waals surface area (Å²) in [5, 5.41) is 25.3. The number of carbonyl (C=O) groups is 5. The Hall–Kier alpha value is -3.51. The lowest BCUT2D eigenvalue weighted by atomic mass is 10.0. The summed E-state index contributed by atoms with van der Waals surface area (Å²) in [6, 6.07) is 3.75. The molecule has 188 valence electrons. The van der Waals surface area contributed by atoms with Crippen LogP contribution in [0.4, 0.5) is 0 Å². The van der Waals surface area contributed by atoms with Gasteiger partial charge in [-0.1, -0.05) is 36.8 Å². The maximum atomic E-state index is 12.9. The molecule has 0 heterocycles. The number of carboxylic acid groups (broad SMARTS) is 2. The summed E-state index contributed by atoms with van der Waals surface area (Å²) in [5.41, 5.74) is 11.9. The van der Waals surface area contributed by atoms with E-state index in [0.29, 0.717) is 31.4 Å². The first-order valence-electron chi connectivity index (χ1n) is 10.9. The number of rotatable bonds is 15. The third-order valence-electron chi connectivity index (χ3n) is 4.96. The lowest BCUT2D eigenvalue weighted by Crippen LogP contribution is -2.57. The van der Waals surface area contributed by atoms with Crippen LogP contribution in [0.15, 0.2) is 30.3 Å². The zero-order valence-corrected chi connectivity index (χ0v) is 19.0. The minimum atomic E-state index is -1.49. The number of amides is 3. The van der Waals surface area contributed by atoms with Crippen molar-refractivity contribution >= 4 is 29.7 Å². The summed E-state index contributed by atoms with van der Waals surface area (Å²) >= 11 is 0. The van der Waals surface area contributed by atoms with E-state index in [-0.39, 0.29) is 6.42 Å². The number of carbonyl (C=O) groups excluding carboxylic acids is 3. The SMILES string of the molecule is CC(NC(=O)C(Cc1ccccc1)NC(=O)C(CC(=O)O)NC(=O)C(N)CCCCN)C(=O)O. The Bertz CT molecular complexity index is 849. The number of nitrogens with one attached hydrogen (secondary N) is 3. The molecule has 0 aliphatic heterocycles. The van der Waals surface area contributed by atoms with Gasteiger partial charge in [-0.3, -0.25) is 24.0 Å². The lowest BCUT2D eigenvalue weighted by Gasteiger charge is -2.24. The predicted molar refractivity (Wildman–Crippen MR) is 122 cm³/mol. The molecule has 0 fully saturated rings. The average Bonchev–Trinajstić information content (AvgIpc) is 2.78. The Morgan fingerprint density at radius 1 is 0.882 bits per heavy atom. The van der Waals surface area contributed by atoms with Crippen molar-refractivity contribution in [2.45, 2.75) is 63.2 Å². The fourth-order valence-electron chi connectivity index (χ4n) is 3.01. The molecule has 4 atom stereocenters. The van der Waals surface area contributed by atoms with Gasteiger partial charge in [0.2, 0.25) is 17.7 Å². The van der Waals surface area contributed by atoms with Crippen LogP contribution in [0.5, 0.6) is 0 Å². The molecule has 0 radical (unpaired) electrons. The van der Waals surface area contributed by atoms with Crippen LogP contribution in [0.3, 0.4) is 0 Å². The minimum Gasteiger partial charge on any atom is -0.481 e. The molecule has 9 N–H and O–H groups in total. The van der Waals surface area contributed by atoms with Crippen molar-refractivity contribution in [3.63, 3.8) is 0 Å². The van der Waals surface area contributed by atoms with Crippen LogP contribution >= 0.6 is 0 Å². The number of hydrogen-bond donors (Lipinski definition) is 7. The highest BCUT2D eigenvalue weighted by Gasteiger charge is 2.30. The van der Waals surface area contributed by atoms with Gasteiger partial charge < -0.3 is 37.6 Å². The fraction of sp³-hybridized carbons (Fsp3) is 0.500. The number of carboxylic acids is 2. The summed E-state index contributed by atoms with van der Waals surface area (Å²) in [6.07, 6.45) is 0.818. The van der Waals surface area contributed by atoms with Gasteiger partial charge in [-0.05, 0) is 31.9 Å². The quantitative estimate of drug-likeness (QED) is 0.149. The van der Waals surface area contributed by atoms with Gasteiger partial charge in [-0.15, -0.1) is 0 Å². The largest absolute Gasteiger partial charge is 0.481 e. The molecule has 0 aliphatic rings. The maximum Gasteiger partial charge on any atom is 0.325 e. The van der Waals surface area contributed by atoms with Crippen molar-refractivity contribution in [2.75, 3.05) is 6.54 Å². The molecule has 0 aromatic heterocycles. The van der Waals surface area contributed by atoms with Gasteiger partial charge in [-0.2, -0.15) is 0 Å². The first kappa shape index (κ1) is 28.5. The molecular formula is C22H33N5O7. The van der Waals surface area contributed by atoms with Crippen molar-refractivity contribution in [1.29, 1.82) is 0 Å². The van der Waals surface area contributed by atoms with Crippen LogP contribution in [0.25, 0.3) is 0 Å². The summed E-state index contributed by atoms with van der Waals surface area (Å²) in [7, 11) is 0. The number of aliphatic carboxylic acids is 2. The molecule has 0 saturated heterocycles. The number of nitrogens with two attached hydrogens (primary N) is 2. The van der Waals surface area contributed by atoms with Crippen molar-refractivity contribution in [1.82, 2.24) is 16.0 Å². The second-order valence-electron chi connectivity index (χ2n) is 7.87. The maximum absolute atomic E-state index is 12.9. The molecule has 0 bridgehead atoms. The molecule has 0 aliphatic carbocycles. The first-order valence-corrected chi connectivity index (χ1v) is 10.9. The van der Waals surface area contributed by atoms with E-state index < -0.39 is 60.2 Å². The zero-order chi connectivity index (χ0) is 25.7. The van der Waals surface area contributed by atoms with Gasteiger partial charge in [0.05, 0.1) is 12.5 Å². The van der Waals surface area contributed by atoms with E-state index >= 15 is 0 Å². The molecule has 4 unspecified atom stereocenters. The molecule has 1 rings (SSSR count). The molecule has 12 heteroatoms. The number of unbranched alkanes of at least 4 members (excludes halogenated alkanes) is 1. The molecular weight excluding hydrogens is 446 g/mol. The third-order valence-corrected chi connectivity index (χ3v) is 4.96. The van der Waals surface area contributed by atoms with Crippen molar-refractivity contribution in [3.8, 4) is 0 Å². The highest BCUT2D eigenvalue weighted by molar-refractivity contribution is 5.95. The minimum absolute atomic E-state index is 0.0110. The van der Waals surface area contributed by atoms with E-state index in [1.807, 2.05) is 0 Å². The second kappa shape index (κ2) is 14.6. The van der Waals surface area contributed by atoms with Crippen LogP contribution in [0.1, 0.15) is 38.2 Å². The molecule has 1 aromatic rings. The summed E-state index contributed by atoms with van der Waals surface area (Å²) < 4.78 is 0. The number of hydrogen-bond acceptors (Lipinski definition) is 7. The van der Waals surface area contributed by atoms with Gasteiger partial charge in [-0.25, -0.2) is 0 Å². The van der Waals surface area contributed by atoms with Gasteiger partial charge in [0.1, 0.15) is 18.1 Å². The Morgan fingerprint density at radius 2 is 1.47 bits per heavy atom. The normalized spacial score (nSPS) is 14.2. The molecule has 3 amide bonds. The van der Waals surface area contributed by atoms with Crippen molar-refractivity contribution < 1.29 is 34.2 Å². The monoisotopic (exact) mass is 479 g/mol. The molecule has 0 saturated carbocycles. The second-order valence-corrected chi connectivity index (χ2v) is 7.87. The van der Waals surface area contributed by atoms with Gasteiger partial charge in [0, 0.05) is 6.42 Å². The molecule has 34 heavy (non-hydrogen) atoms. The van der Waals surface area contributed by atoms with Gasteiger partial charge in [0.25, 0.3) is 0 Å². The van der Waals surface area contributed by atoms with Crippen molar-refractivity contribution in [2.24, 2.45) is 11.5 Å². The van der Waals surface area contributed by atoms with E-state index in [4.69, 9.17) is 16.6 Å². The summed E-state index contributed by atoms with van der Waals surface area (Å²) in [6.45, 7) is 1.70. The Morgan fingerprint density at radius 3 is 2.03 bits per heavy atom. The van der Waals surface area contributed by atoms with Crippen molar-refractivity contribution in [3.05, 3.63) is 35.9 Å². The van der Waals surface area contributed by atoms with Crippen LogP contribution < -0.4 is 27.4 Å². The third kappa shape index (κ3) is 10.4. The van der Waals surface area contributed by atoms with E-state index in [0.717, 1.165) is 0 Å². The smallest absolute Gasteiger partial charge is 0.325 e. The molecule has 1 aromatic carbocycles. The molecule has 0 spiro atoms. The standard InChI is InChI=1S/C22H33N5O7/c1-13(22(33)34)25-20(31)16(11-14-7-3-2-4-8-14)27-21(32)17(12-18(28)29)26-19(30)15(24)9-5-6-10-23/h2-4,7-8,13,15-17H,5-6,9-12,23-24H2,1H3,(H,25,31)(H,26,30)(H,27,32)(H,28,29)(H,33,34). The van der Waals surface area contributed by atoms with Gasteiger partial charge >= 0.3 is 11.9 Å². The summed E-state index contributed by atoms with van der Waals surface area (Å²) in [5.74, 6) is -5.00. The van der Waals surface area contributed by atoms with Crippen LogP contribution in [0.2, 0.25) is 0 Å². The summed E-state index contributed by atoms with van der Waals surface area (Å²) in [4.78, 5) is 60.4. The van der Waals surface area contributed by atoms with Gasteiger partial charge in [0.15, 0.2) is 0 Å². The fourth-order valence-corrected chi connectivity index (χ4v) is 3.01. The zero-order valence-electron chi connectivity index (χ0n) is 19.0. The Kier molecular flexibility index (Phi) is 12.2. The predicted octanol–water partition coefficient (Wildman–Crippen LogP) is -1.28. The van der Waals surface area contributed by atoms with E-state index in [1.54, 1.807) is 30.3 Å². The van der Waals surface area contributed by atoms with E-state index in [1.165, 1.54) is 6.92 Å². The number of benzene rings is 1. The average molecular weight is 480 g/mol. The molecule has 12 nitrogen and oxygen atoms in total. The Labute approximate surface area is 197 Å². The highest BCUT2D eigenvalue weighted by atomic mass is 16.4. The van der Waals surface area contributed by atoms with Crippen LogP contribution in [-0.2, 0) is 30.4 Å². The topological polar surface area (TPSA) is 214 Å². The van der Waals surface area contributed by atoms with Crippen LogP contribution in [0, 0.1) is 0 Å².